The molecule has 0 aromatic carbocycles. The Morgan fingerprint density at radius 1 is 1.50 bits per heavy atom. The van der Waals surface area contributed by atoms with Gasteiger partial charge in [-0.05, 0) is 24.7 Å². The Balaban J connectivity index is 2.58. The van der Waals surface area contributed by atoms with Gasteiger partial charge >= 0.3 is 0 Å². The average molecular weight is 226 g/mol. The molecule has 1 aliphatic heterocycles. The summed E-state index contributed by atoms with van der Waals surface area (Å²) in [5.74, 6) is 1.33. The predicted octanol–water partition coefficient (Wildman–Crippen LogP) is 1.87. The quantitative estimate of drug-likeness (QED) is 0.795. The molecular weight excluding hydrogens is 200 g/mol. The third-order valence-corrected chi connectivity index (χ3v) is 3.78. The van der Waals surface area contributed by atoms with Gasteiger partial charge in [0.05, 0.1) is 5.92 Å². The van der Waals surface area contributed by atoms with E-state index in [-0.39, 0.29) is 11.8 Å². The number of carbonyl (C=O) groups excluding carboxylic acids is 1. The molecule has 1 fully saturated rings. The van der Waals surface area contributed by atoms with Crippen molar-refractivity contribution in [2.24, 2.45) is 23.5 Å². The molecule has 3 nitrogen and oxygen atoms in total. The number of amides is 1. The zero-order valence-electron chi connectivity index (χ0n) is 10.9. The van der Waals surface area contributed by atoms with Crippen molar-refractivity contribution < 1.29 is 4.79 Å². The third kappa shape index (κ3) is 3.21. The molecule has 2 atom stereocenters. The van der Waals surface area contributed by atoms with Gasteiger partial charge in [0, 0.05) is 19.6 Å². The van der Waals surface area contributed by atoms with Crippen LogP contribution < -0.4 is 5.73 Å². The Morgan fingerprint density at radius 2 is 2.19 bits per heavy atom. The first-order chi connectivity index (χ1) is 7.60. The molecule has 2 N–H and O–H groups in total. The van der Waals surface area contributed by atoms with Crippen LogP contribution >= 0.6 is 0 Å². The van der Waals surface area contributed by atoms with E-state index in [9.17, 15) is 4.79 Å². The van der Waals surface area contributed by atoms with E-state index in [2.05, 4.69) is 20.8 Å². The van der Waals surface area contributed by atoms with E-state index in [0.29, 0.717) is 18.4 Å². The van der Waals surface area contributed by atoms with Crippen molar-refractivity contribution in [1.29, 1.82) is 0 Å². The predicted molar refractivity (Wildman–Crippen MR) is 67.0 cm³/mol. The van der Waals surface area contributed by atoms with Crippen molar-refractivity contribution in [3.63, 3.8) is 0 Å². The van der Waals surface area contributed by atoms with Gasteiger partial charge < -0.3 is 10.6 Å². The zero-order chi connectivity index (χ0) is 12.1. The lowest BCUT2D eigenvalue weighted by Crippen LogP contribution is -2.46. The van der Waals surface area contributed by atoms with Crippen LogP contribution in [0.15, 0.2) is 0 Å². The second kappa shape index (κ2) is 6.24. The van der Waals surface area contributed by atoms with E-state index < -0.39 is 0 Å². The average Bonchev–Trinajstić information content (AvgIpc) is 2.29. The van der Waals surface area contributed by atoms with Crippen LogP contribution in [0.3, 0.4) is 0 Å². The molecular formula is C13H26N2O. The van der Waals surface area contributed by atoms with Gasteiger partial charge in [-0.1, -0.05) is 27.2 Å². The molecule has 1 heterocycles. The molecule has 0 aromatic rings. The maximum Gasteiger partial charge on any atom is 0.227 e. The summed E-state index contributed by atoms with van der Waals surface area (Å²) in [6.07, 6.45) is 3.60. The molecule has 1 saturated heterocycles. The molecule has 3 heteroatoms. The fraction of sp³-hybridized carbons (Fsp3) is 0.923. The van der Waals surface area contributed by atoms with Crippen molar-refractivity contribution in [2.45, 2.75) is 40.0 Å². The number of nitrogens with two attached hydrogens (primary N) is 1. The number of nitrogens with zero attached hydrogens (tertiary/aromatic N) is 1. The summed E-state index contributed by atoms with van der Waals surface area (Å²) < 4.78 is 0. The molecule has 0 bridgehead atoms. The van der Waals surface area contributed by atoms with Crippen LogP contribution in [0, 0.1) is 17.8 Å². The van der Waals surface area contributed by atoms with Gasteiger partial charge in [0.1, 0.15) is 0 Å². The molecule has 1 amide bonds. The lowest BCUT2D eigenvalue weighted by atomic mass is 9.91. The van der Waals surface area contributed by atoms with Crippen molar-refractivity contribution in [3.8, 4) is 0 Å². The zero-order valence-corrected chi connectivity index (χ0v) is 10.9. The minimum Gasteiger partial charge on any atom is -0.342 e. The number of rotatable bonds is 4. The van der Waals surface area contributed by atoms with E-state index in [1.54, 1.807) is 0 Å². The van der Waals surface area contributed by atoms with Gasteiger partial charge in [0.25, 0.3) is 0 Å². The summed E-state index contributed by atoms with van der Waals surface area (Å²) in [5.41, 5.74) is 5.70. The first-order valence-electron chi connectivity index (χ1n) is 6.59. The van der Waals surface area contributed by atoms with Gasteiger partial charge in [-0.3, -0.25) is 4.79 Å². The number of likely N-dealkylation sites (tertiary alicyclic amines) is 1. The molecule has 0 saturated carbocycles. The summed E-state index contributed by atoms with van der Waals surface area (Å²) in [6.45, 7) is 8.72. The Bertz CT molecular complexity index is 228. The van der Waals surface area contributed by atoms with Gasteiger partial charge in [-0.25, -0.2) is 0 Å². The first kappa shape index (κ1) is 13.5. The van der Waals surface area contributed by atoms with E-state index in [4.69, 9.17) is 5.73 Å². The summed E-state index contributed by atoms with van der Waals surface area (Å²) >= 11 is 0. The van der Waals surface area contributed by atoms with Crippen molar-refractivity contribution >= 4 is 5.91 Å². The minimum atomic E-state index is 0.00982. The van der Waals surface area contributed by atoms with Crippen LogP contribution in [0.5, 0.6) is 0 Å². The molecule has 1 rings (SSSR count). The Hall–Kier alpha value is -0.570. The third-order valence-electron chi connectivity index (χ3n) is 3.78. The second-order valence-electron chi connectivity index (χ2n) is 5.29. The lowest BCUT2D eigenvalue weighted by Gasteiger charge is -2.35. The van der Waals surface area contributed by atoms with Crippen LogP contribution in [-0.4, -0.2) is 30.4 Å². The molecule has 0 radical (unpaired) electrons. The Kier molecular flexibility index (Phi) is 5.26. The highest BCUT2D eigenvalue weighted by atomic mass is 16.2. The highest BCUT2D eigenvalue weighted by Crippen LogP contribution is 2.22. The van der Waals surface area contributed by atoms with Crippen molar-refractivity contribution in [1.82, 2.24) is 4.90 Å². The standard InChI is InChI=1S/C13H26N2O/c1-4-11-6-5-7-15(9-11)13(16)12(8-14)10(2)3/h10-12H,4-9,14H2,1-3H3. The van der Waals surface area contributed by atoms with E-state index in [1.165, 1.54) is 12.8 Å². The highest BCUT2D eigenvalue weighted by molar-refractivity contribution is 5.79. The van der Waals surface area contributed by atoms with Crippen molar-refractivity contribution in [2.75, 3.05) is 19.6 Å². The molecule has 2 unspecified atom stereocenters. The van der Waals surface area contributed by atoms with Crippen molar-refractivity contribution in [3.05, 3.63) is 0 Å². The first-order valence-corrected chi connectivity index (χ1v) is 6.59. The van der Waals surface area contributed by atoms with Gasteiger partial charge in [-0.15, -0.1) is 0 Å². The highest BCUT2D eigenvalue weighted by Gasteiger charge is 2.29. The fourth-order valence-corrected chi connectivity index (χ4v) is 2.49. The summed E-state index contributed by atoms with van der Waals surface area (Å²) in [7, 11) is 0. The van der Waals surface area contributed by atoms with Crippen LogP contribution in [0.1, 0.15) is 40.0 Å². The summed E-state index contributed by atoms with van der Waals surface area (Å²) in [5, 5.41) is 0. The minimum absolute atomic E-state index is 0.00982. The molecule has 0 aromatic heterocycles. The largest absolute Gasteiger partial charge is 0.342 e. The Morgan fingerprint density at radius 3 is 2.69 bits per heavy atom. The van der Waals surface area contributed by atoms with E-state index in [1.807, 2.05) is 4.90 Å². The van der Waals surface area contributed by atoms with Gasteiger partial charge in [0.15, 0.2) is 0 Å². The normalized spacial score (nSPS) is 23.6. The van der Waals surface area contributed by atoms with E-state index >= 15 is 0 Å². The molecule has 0 aliphatic carbocycles. The van der Waals surface area contributed by atoms with Crippen LogP contribution in [0.4, 0.5) is 0 Å². The van der Waals surface area contributed by atoms with Gasteiger partial charge in [0.2, 0.25) is 5.91 Å². The maximum atomic E-state index is 12.3. The van der Waals surface area contributed by atoms with Gasteiger partial charge in [-0.2, -0.15) is 0 Å². The summed E-state index contributed by atoms with van der Waals surface area (Å²) in [4.78, 5) is 14.3. The van der Waals surface area contributed by atoms with E-state index in [0.717, 1.165) is 19.5 Å². The monoisotopic (exact) mass is 226 g/mol. The topological polar surface area (TPSA) is 46.3 Å². The van der Waals surface area contributed by atoms with Crippen LogP contribution in [0.2, 0.25) is 0 Å². The fourth-order valence-electron chi connectivity index (χ4n) is 2.49. The number of carbonyl (C=O) groups is 1. The lowest BCUT2D eigenvalue weighted by molar-refractivity contribution is -0.138. The molecule has 0 spiro atoms. The number of hydrogen-bond donors (Lipinski definition) is 1. The molecule has 1 aliphatic rings. The van der Waals surface area contributed by atoms with Crippen LogP contribution in [0.25, 0.3) is 0 Å². The maximum absolute atomic E-state index is 12.3. The second-order valence-corrected chi connectivity index (χ2v) is 5.29. The molecule has 16 heavy (non-hydrogen) atoms. The number of piperidine rings is 1. The number of hydrogen-bond acceptors (Lipinski definition) is 2. The smallest absolute Gasteiger partial charge is 0.227 e. The van der Waals surface area contributed by atoms with Crippen LogP contribution in [-0.2, 0) is 4.79 Å². The summed E-state index contributed by atoms with van der Waals surface area (Å²) in [6, 6.07) is 0. The molecule has 94 valence electrons. The Labute approximate surface area is 99.4 Å². The SMILES string of the molecule is CCC1CCCN(C(=O)C(CN)C(C)C)C1.